The number of hydrogen-bond donors (Lipinski definition) is 1. The molecule has 26 heavy (non-hydrogen) atoms. The Balaban J connectivity index is 1.36. The first-order valence-electron chi connectivity index (χ1n) is 10.4. The molecule has 6 heteroatoms. The number of piperidine rings is 1. The molecule has 3 fully saturated rings. The molecule has 6 nitrogen and oxygen atoms in total. The van der Waals surface area contributed by atoms with E-state index in [1.807, 2.05) is 6.33 Å². The van der Waals surface area contributed by atoms with Gasteiger partial charge in [-0.3, -0.25) is 4.79 Å². The zero-order chi connectivity index (χ0) is 17.6. The van der Waals surface area contributed by atoms with Gasteiger partial charge in [0.2, 0.25) is 5.91 Å². The van der Waals surface area contributed by atoms with E-state index in [0.29, 0.717) is 11.8 Å². The highest BCUT2D eigenvalue weighted by Crippen LogP contribution is 2.44. The van der Waals surface area contributed by atoms with Gasteiger partial charge in [0, 0.05) is 50.8 Å². The fourth-order valence-corrected chi connectivity index (χ4v) is 5.38. The molecule has 0 bridgehead atoms. The monoisotopic (exact) mass is 358 g/mol. The molecule has 1 N–H and O–H groups in total. The molecule has 1 aliphatic carbocycles. The minimum Gasteiger partial charge on any atom is -0.381 e. The number of carbonyl (C=O) groups is 1. The number of amides is 1. The maximum atomic E-state index is 13.2. The van der Waals surface area contributed by atoms with Gasteiger partial charge in [-0.15, -0.1) is 0 Å². The van der Waals surface area contributed by atoms with E-state index in [4.69, 9.17) is 9.72 Å². The Hall–Kier alpha value is -1.40. The first-order valence-corrected chi connectivity index (χ1v) is 10.4. The Bertz CT molecular complexity index is 655. The number of fused-ring (bicyclic) bond motifs is 2. The van der Waals surface area contributed by atoms with E-state index < -0.39 is 0 Å². The van der Waals surface area contributed by atoms with Crippen LogP contribution in [-0.2, 0) is 21.5 Å². The molecule has 3 aliphatic heterocycles. The maximum absolute atomic E-state index is 13.2. The molecule has 4 heterocycles. The number of nitrogens with one attached hydrogen (secondary N) is 1. The van der Waals surface area contributed by atoms with Crippen LogP contribution in [0.5, 0.6) is 0 Å². The van der Waals surface area contributed by atoms with Crippen molar-refractivity contribution in [2.45, 2.75) is 50.5 Å². The number of aromatic amines is 1. The van der Waals surface area contributed by atoms with Crippen molar-refractivity contribution in [2.75, 3.05) is 39.4 Å². The van der Waals surface area contributed by atoms with Gasteiger partial charge in [-0.1, -0.05) is 6.42 Å². The number of H-pyrrole nitrogens is 1. The fraction of sp³-hybridized carbons (Fsp3) is 0.800. The largest absolute Gasteiger partial charge is 0.381 e. The lowest BCUT2D eigenvalue weighted by atomic mass is 9.76. The van der Waals surface area contributed by atoms with Crippen LogP contribution in [0.25, 0.3) is 0 Å². The van der Waals surface area contributed by atoms with Crippen molar-refractivity contribution in [3.05, 3.63) is 17.7 Å². The lowest BCUT2D eigenvalue weighted by Crippen LogP contribution is -2.60. The zero-order valence-corrected chi connectivity index (χ0v) is 15.6. The smallest absolute Gasteiger partial charge is 0.226 e. The summed E-state index contributed by atoms with van der Waals surface area (Å²) < 4.78 is 5.54. The predicted octanol–water partition coefficient (Wildman–Crippen LogP) is 1.92. The number of nitrogens with zero attached hydrogens (tertiary/aromatic N) is 3. The number of carbonyl (C=O) groups excluding carboxylic acids is 1. The Kier molecular flexibility index (Phi) is 4.28. The molecule has 5 rings (SSSR count). The van der Waals surface area contributed by atoms with E-state index in [0.717, 1.165) is 77.2 Å². The van der Waals surface area contributed by atoms with Crippen molar-refractivity contribution in [2.24, 2.45) is 11.8 Å². The van der Waals surface area contributed by atoms with Crippen LogP contribution in [0.2, 0.25) is 0 Å². The number of aromatic nitrogens is 2. The number of rotatable bonds is 3. The second-order valence-corrected chi connectivity index (χ2v) is 8.66. The van der Waals surface area contributed by atoms with Gasteiger partial charge in [0.15, 0.2) is 0 Å². The van der Waals surface area contributed by atoms with Gasteiger partial charge >= 0.3 is 0 Å². The van der Waals surface area contributed by atoms with Crippen molar-refractivity contribution < 1.29 is 9.53 Å². The molecule has 0 radical (unpaired) electrons. The lowest BCUT2D eigenvalue weighted by molar-refractivity contribution is -0.149. The van der Waals surface area contributed by atoms with Crippen LogP contribution in [0.3, 0.4) is 0 Å². The number of likely N-dealkylation sites (tertiary alicyclic amines) is 1. The van der Waals surface area contributed by atoms with Gasteiger partial charge in [0.05, 0.1) is 24.2 Å². The van der Waals surface area contributed by atoms with E-state index in [9.17, 15) is 4.79 Å². The van der Waals surface area contributed by atoms with E-state index >= 15 is 0 Å². The molecule has 1 spiro atoms. The quantitative estimate of drug-likeness (QED) is 0.897. The second-order valence-electron chi connectivity index (χ2n) is 8.66. The summed E-state index contributed by atoms with van der Waals surface area (Å²) in [5.74, 6) is 1.34. The third-order valence-electron chi connectivity index (χ3n) is 7.21. The number of imidazole rings is 1. The summed E-state index contributed by atoms with van der Waals surface area (Å²) in [5, 5.41) is 0. The van der Waals surface area contributed by atoms with Gasteiger partial charge < -0.3 is 19.5 Å². The summed E-state index contributed by atoms with van der Waals surface area (Å²) in [5.41, 5.74) is 2.23. The van der Waals surface area contributed by atoms with E-state index in [2.05, 4.69) is 14.8 Å². The summed E-state index contributed by atoms with van der Waals surface area (Å²) >= 11 is 0. The third-order valence-corrected chi connectivity index (χ3v) is 7.21. The Morgan fingerprint density at radius 2 is 2.12 bits per heavy atom. The molecule has 142 valence electrons. The summed E-state index contributed by atoms with van der Waals surface area (Å²) in [7, 11) is 0. The molecule has 2 saturated heterocycles. The van der Waals surface area contributed by atoms with Gasteiger partial charge in [0.25, 0.3) is 0 Å². The molecule has 0 aromatic carbocycles. The molecular formula is C20H30N4O2. The van der Waals surface area contributed by atoms with Gasteiger partial charge in [-0.2, -0.15) is 0 Å². The minimum absolute atomic E-state index is 0.178. The van der Waals surface area contributed by atoms with Crippen LogP contribution in [0.1, 0.15) is 49.9 Å². The summed E-state index contributed by atoms with van der Waals surface area (Å²) in [6.45, 7) is 5.93. The van der Waals surface area contributed by atoms with E-state index in [1.54, 1.807) is 0 Å². The SMILES string of the molecule is O=C(C1CCC1)N1CCc2[nH]cnc2C12CCN(C[C@@H]1CCOC1)CC2. The highest BCUT2D eigenvalue weighted by atomic mass is 16.5. The highest BCUT2D eigenvalue weighted by Gasteiger charge is 2.50. The Morgan fingerprint density at radius 1 is 1.27 bits per heavy atom. The zero-order valence-electron chi connectivity index (χ0n) is 15.6. The molecular weight excluding hydrogens is 328 g/mol. The van der Waals surface area contributed by atoms with Crippen LogP contribution >= 0.6 is 0 Å². The van der Waals surface area contributed by atoms with Gasteiger partial charge in [-0.05, 0) is 38.0 Å². The van der Waals surface area contributed by atoms with Crippen molar-refractivity contribution >= 4 is 5.91 Å². The fourth-order valence-electron chi connectivity index (χ4n) is 5.38. The van der Waals surface area contributed by atoms with Crippen molar-refractivity contribution in [1.82, 2.24) is 19.8 Å². The molecule has 0 unspecified atom stereocenters. The maximum Gasteiger partial charge on any atom is 0.226 e. The Labute approximate surface area is 155 Å². The first kappa shape index (κ1) is 16.8. The highest BCUT2D eigenvalue weighted by molar-refractivity contribution is 5.81. The standard InChI is InChI=1S/C20H30N4O2/c25-19(16-2-1-3-16)24-8-4-17-18(22-14-21-17)20(24)6-9-23(10-7-20)12-15-5-11-26-13-15/h14-16H,1-13H2,(H,21,22)/t15-/m0/s1. The average molecular weight is 358 g/mol. The van der Waals surface area contributed by atoms with E-state index in [1.165, 1.54) is 18.5 Å². The molecule has 1 saturated carbocycles. The van der Waals surface area contributed by atoms with Crippen LogP contribution in [-0.4, -0.2) is 65.1 Å². The van der Waals surface area contributed by atoms with Crippen molar-refractivity contribution in [3.63, 3.8) is 0 Å². The lowest BCUT2D eigenvalue weighted by Gasteiger charge is -2.52. The normalized spacial score (nSPS) is 28.9. The topological polar surface area (TPSA) is 61.5 Å². The number of hydrogen-bond acceptors (Lipinski definition) is 4. The van der Waals surface area contributed by atoms with Gasteiger partial charge in [-0.25, -0.2) is 4.98 Å². The molecule has 1 amide bonds. The van der Waals surface area contributed by atoms with Crippen LogP contribution in [0, 0.1) is 11.8 Å². The summed E-state index contributed by atoms with van der Waals surface area (Å²) in [4.78, 5) is 26.1. The average Bonchev–Trinajstić information content (AvgIpc) is 3.27. The Morgan fingerprint density at radius 3 is 2.81 bits per heavy atom. The van der Waals surface area contributed by atoms with Gasteiger partial charge in [0.1, 0.15) is 0 Å². The number of ether oxygens (including phenoxy) is 1. The van der Waals surface area contributed by atoms with E-state index in [-0.39, 0.29) is 11.5 Å². The molecule has 1 atom stereocenters. The summed E-state index contributed by atoms with van der Waals surface area (Å²) in [6, 6.07) is 0. The third kappa shape index (κ3) is 2.69. The van der Waals surface area contributed by atoms with Crippen molar-refractivity contribution in [1.29, 1.82) is 0 Å². The minimum atomic E-state index is -0.178. The van der Waals surface area contributed by atoms with Crippen molar-refractivity contribution in [3.8, 4) is 0 Å². The molecule has 4 aliphatic rings. The molecule has 1 aromatic rings. The molecule has 1 aromatic heterocycles. The van der Waals surface area contributed by atoms with Crippen LogP contribution in [0.15, 0.2) is 6.33 Å². The van der Waals surface area contributed by atoms with Crippen LogP contribution in [0.4, 0.5) is 0 Å². The predicted molar refractivity (Wildman–Crippen MR) is 97.6 cm³/mol. The first-order chi connectivity index (χ1) is 12.8. The second kappa shape index (κ2) is 6.64. The summed E-state index contributed by atoms with van der Waals surface area (Å²) in [6.07, 6.45) is 9.32. The van der Waals surface area contributed by atoms with Crippen LogP contribution < -0.4 is 0 Å².